The Morgan fingerprint density at radius 1 is 1.16 bits per heavy atom. The first-order valence-electron chi connectivity index (χ1n) is 7.54. The lowest BCUT2D eigenvalue weighted by Crippen LogP contribution is -2.23. The average molecular weight is 372 g/mol. The van der Waals surface area contributed by atoms with Crippen molar-refractivity contribution in [1.82, 2.24) is 9.71 Å². The van der Waals surface area contributed by atoms with Crippen molar-refractivity contribution in [3.05, 3.63) is 71.4 Å². The predicted octanol–water partition coefficient (Wildman–Crippen LogP) is 3.49. The highest BCUT2D eigenvalue weighted by Crippen LogP contribution is 2.24. The van der Waals surface area contributed by atoms with Gasteiger partial charge in [-0.25, -0.2) is 13.1 Å². The highest BCUT2D eigenvalue weighted by atomic mass is 32.2. The number of carbonyl (C=O) groups is 1. The summed E-state index contributed by atoms with van der Waals surface area (Å²) in [6.07, 6.45) is 3.38. The fourth-order valence-corrected chi connectivity index (χ4v) is 4.08. The first-order chi connectivity index (χ1) is 12.0. The molecule has 0 fully saturated rings. The van der Waals surface area contributed by atoms with E-state index in [1.807, 2.05) is 23.6 Å². The van der Waals surface area contributed by atoms with E-state index < -0.39 is 10.0 Å². The third kappa shape index (κ3) is 4.19. The van der Waals surface area contributed by atoms with Crippen molar-refractivity contribution >= 4 is 27.1 Å². The molecule has 0 amide bonds. The molecule has 0 aliphatic carbocycles. The Hall–Kier alpha value is -2.35. The maximum atomic E-state index is 12.5. The van der Waals surface area contributed by atoms with E-state index in [0.717, 1.165) is 16.0 Å². The van der Waals surface area contributed by atoms with E-state index in [1.54, 1.807) is 35.9 Å². The summed E-state index contributed by atoms with van der Waals surface area (Å²) in [7, 11) is -3.71. The fraction of sp³-hybridized carbons (Fsp3) is 0.111. The number of nitrogens with zero attached hydrogens (tertiary/aromatic N) is 1. The molecule has 0 atom stereocenters. The Balaban J connectivity index is 1.78. The number of rotatable bonds is 6. The van der Waals surface area contributed by atoms with Gasteiger partial charge in [0, 0.05) is 34.9 Å². The van der Waals surface area contributed by atoms with Gasteiger partial charge in [-0.1, -0.05) is 18.2 Å². The van der Waals surface area contributed by atoms with Gasteiger partial charge in [-0.05, 0) is 42.1 Å². The molecule has 0 aliphatic heterocycles. The van der Waals surface area contributed by atoms with Crippen molar-refractivity contribution in [1.29, 1.82) is 0 Å². The Kier molecular flexibility index (Phi) is 5.08. The lowest BCUT2D eigenvalue weighted by Gasteiger charge is -2.08. The van der Waals surface area contributed by atoms with Gasteiger partial charge in [0.05, 0.1) is 4.90 Å². The zero-order chi connectivity index (χ0) is 17.9. The van der Waals surface area contributed by atoms with Crippen LogP contribution >= 0.6 is 11.3 Å². The number of hydrogen-bond acceptors (Lipinski definition) is 5. The molecule has 5 nitrogen and oxygen atoms in total. The number of ketones is 1. The Morgan fingerprint density at radius 3 is 2.72 bits per heavy atom. The van der Waals surface area contributed by atoms with Crippen LogP contribution < -0.4 is 4.72 Å². The van der Waals surface area contributed by atoms with Crippen molar-refractivity contribution in [2.24, 2.45) is 0 Å². The molecule has 0 spiro atoms. The molecule has 0 radical (unpaired) electrons. The molecule has 25 heavy (non-hydrogen) atoms. The molecule has 128 valence electrons. The first-order valence-corrected chi connectivity index (χ1v) is 9.90. The second-order valence-corrected chi connectivity index (χ2v) is 8.18. The summed E-state index contributed by atoms with van der Waals surface area (Å²) in [5.74, 6) is -0.176. The van der Waals surface area contributed by atoms with Crippen LogP contribution in [0.2, 0.25) is 0 Å². The van der Waals surface area contributed by atoms with Crippen molar-refractivity contribution in [3.8, 4) is 10.4 Å². The maximum absolute atomic E-state index is 12.5. The van der Waals surface area contributed by atoms with Gasteiger partial charge in [0.1, 0.15) is 0 Å². The van der Waals surface area contributed by atoms with E-state index in [9.17, 15) is 13.2 Å². The van der Waals surface area contributed by atoms with Gasteiger partial charge in [-0.2, -0.15) is 0 Å². The Labute approximate surface area is 150 Å². The topological polar surface area (TPSA) is 76.1 Å². The number of Topliss-reactive ketones (excluding diaryl/α,β-unsaturated/α-hetero) is 1. The second kappa shape index (κ2) is 7.26. The van der Waals surface area contributed by atoms with Crippen LogP contribution in [0.1, 0.15) is 22.8 Å². The monoisotopic (exact) mass is 372 g/mol. The molecule has 3 rings (SSSR count). The van der Waals surface area contributed by atoms with Gasteiger partial charge in [-0.3, -0.25) is 9.78 Å². The van der Waals surface area contributed by atoms with Gasteiger partial charge in [0.2, 0.25) is 10.0 Å². The summed E-state index contributed by atoms with van der Waals surface area (Å²) >= 11 is 1.60. The van der Waals surface area contributed by atoms with E-state index in [2.05, 4.69) is 9.71 Å². The van der Waals surface area contributed by atoms with Gasteiger partial charge >= 0.3 is 0 Å². The van der Waals surface area contributed by atoms with Gasteiger partial charge in [0.15, 0.2) is 5.78 Å². The van der Waals surface area contributed by atoms with Crippen molar-refractivity contribution in [2.45, 2.75) is 18.4 Å². The fourth-order valence-electron chi connectivity index (χ4n) is 2.31. The van der Waals surface area contributed by atoms with E-state index >= 15 is 0 Å². The summed E-state index contributed by atoms with van der Waals surface area (Å²) in [5.41, 5.74) is 2.08. The number of benzene rings is 1. The zero-order valence-electron chi connectivity index (χ0n) is 13.5. The standard InChI is InChI=1S/C18H16N2O3S2/c1-13(21)15-4-2-5-17(9-15)25(22,23)20-11-14-8-16(12-19-10-14)18-6-3-7-24-18/h2-10,12,20H,11H2,1H3. The van der Waals surface area contributed by atoms with Crippen LogP contribution in [0.4, 0.5) is 0 Å². The molecule has 0 bridgehead atoms. The van der Waals surface area contributed by atoms with Gasteiger partial charge in [0.25, 0.3) is 0 Å². The number of thiophene rings is 1. The van der Waals surface area contributed by atoms with Gasteiger partial charge in [-0.15, -0.1) is 11.3 Å². The van der Waals surface area contributed by atoms with Crippen molar-refractivity contribution in [3.63, 3.8) is 0 Å². The van der Waals surface area contributed by atoms with Crippen molar-refractivity contribution < 1.29 is 13.2 Å². The number of carbonyl (C=O) groups excluding carboxylic acids is 1. The Bertz CT molecular complexity index is 997. The molecular formula is C18H16N2O3S2. The minimum absolute atomic E-state index is 0.0718. The molecule has 3 aromatic rings. The zero-order valence-corrected chi connectivity index (χ0v) is 15.1. The third-order valence-corrected chi connectivity index (χ3v) is 5.94. The molecule has 0 unspecified atom stereocenters. The SMILES string of the molecule is CC(=O)c1cccc(S(=O)(=O)NCc2cncc(-c3cccs3)c2)c1. The molecule has 0 saturated heterocycles. The normalized spacial score (nSPS) is 11.4. The lowest BCUT2D eigenvalue weighted by molar-refractivity contribution is 0.101. The molecule has 2 aromatic heterocycles. The summed E-state index contributed by atoms with van der Waals surface area (Å²) in [5, 5.41) is 1.98. The molecule has 1 aromatic carbocycles. The largest absolute Gasteiger partial charge is 0.295 e. The number of hydrogen-bond donors (Lipinski definition) is 1. The average Bonchev–Trinajstić information content (AvgIpc) is 3.15. The second-order valence-electron chi connectivity index (χ2n) is 5.47. The summed E-state index contributed by atoms with van der Waals surface area (Å²) in [6.45, 7) is 1.53. The van der Waals surface area contributed by atoms with Gasteiger partial charge < -0.3 is 0 Å². The molecule has 0 aliphatic rings. The minimum atomic E-state index is -3.71. The van der Waals surface area contributed by atoms with Crippen LogP contribution in [-0.2, 0) is 16.6 Å². The third-order valence-electron chi connectivity index (χ3n) is 3.62. The predicted molar refractivity (Wildman–Crippen MR) is 98.0 cm³/mol. The first kappa shape index (κ1) is 17.5. The van der Waals surface area contributed by atoms with E-state index in [0.29, 0.717) is 5.56 Å². The molecule has 2 heterocycles. The summed E-state index contributed by atoms with van der Waals surface area (Å²) in [4.78, 5) is 16.8. The number of pyridine rings is 1. The van der Waals surface area contributed by atoms with E-state index in [1.165, 1.54) is 19.1 Å². The highest BCUT2D eigenvalue weighted by molar-refractivity contribution is 7.89. The Morgan fingerprint density at radius 2 is 2.00 bits per heavy atom. The van der Waals surface area contributed by atoms with E-state index in [4.69, 9.17) is 0 Å². The minimum Gasteiger partial charge on any atom is -0.295 e. The van der Waals surface area contributed by atoms with Crippen LogP contribution in [0.5, 0.6) is 0 Å². The highest BCUT2D eigenvalue weighted by Gasteiger charge is 2.15. The molecule has 7 heteroatoms. The molecular weight excluding hydrogens is 356 g/mol. The van der Waals surface area contributed by atoms with Crippen LogP contribution in [0.3, 0.4) is 0 Å². The molecule has 1 N–H and O–H groups in total. The summed E-state index contributed by atoms with van der Waals surface area (Å²) in [6, 6.07) is 11.9. The van der Waals surface area contributed by atoms with Crippen LogP contribution in [0.25, 0.3) is 10.4 Å². The summed E-state index contributed by atoms with van der Waals surface area (Å²) < 4.78 is 27.5. The van der Waals surface area contributed by atoms with Crippen molar-refractivity contribution in [2.75, 3.05) is 0 Å². The van der Waals surface area contributed by atoms with Crippen LogP contribution in [-0.4, -0.2) is 19.2 Å². The van der Waals surface area contributed by atoms with Crippen LogP contribution in [0.15, 0.2) is 65.1 Å². The van der Waals surface area contributed by atoms with Crippen LogP contribution in [0, 0.1) is 0 Å². The number of aromatic nitrogens is 1. The number of sulfonamides is 1. The maximum Gasteiger partial charge on any atom is 0.240 e. The quantitative estimate of drug-likeness (QED) is 0.672. The molecule has 0 saturated carbocycles. The number of nitrogens with one attached hydrogen (secondary N) is 1. The lowest BCUT2D eigenvalue weighted by atomic mass is 10.2. The van der Waals surface area contributed by atoms with E-state index in [-0.39, 0.29) is 17.2 Å². The smallest absolute Gasteiger partial charge is 0.240 e.